The molecule has 0 bridgehead atoms. The molecule has 7 heteroatoms. The standard InChI is InChI=1S/C19H23N3O3S/c1-13(2)11-25-19(24)22-16(18(23)21-9-5-8-20)10-14-12-26-17-7-4-3-6-15(14)17/h3-4,6-7,12-13,16H,5,9-11H2,1-2H3,(H,21,23)(H,22,24). The molecule has 1 aromatic heterocycles. The molecular weight excluding hydrogens is 350 g/mol. The lowest BCUT2D eigenvalue weighted by Gasteiger charge is -2.18. The van der Waals surface area contributed by atoms with Gasteiger partial charge in [-0.3, -0.25) is 4.79 Å². The first-order chi connectivity index (χ1) is 12.5. The molecule has 1 unspecified atom stereocenters. The van der Waals surface area contributed by atoms with Gasteiger partial charge in [0.2, 0.25) is 5.91 Å². The summed E-state index contributed by atoms with van der Waals surface area (Å²) in [6.45, 7) is 4.42. The minimum Gasteiger partial charge on any atom is -0.449 e. The second-order valence-electron chi connectivity index (χ2n) is 6.35. The summed E-state index contributed by atoms with van der Waals surface area (Å²) in [5.41, 5.74) is 0.996. The molecule has 0 aliphatic rings. The largest absolute Gasteiger partial charge is 0.449 e. The number of thiophene rings is 1. The Labute approximate surface area is 157 Å². The van der Waals surface area contributed by atoms with Crippen molar-refractivity contribution in [1.82, 2.24) is 10.6 Å². The molecule has 0 saturated carbocycles. The molecule has 0 aliphatic carbocycles. The first kappa shape index (κ1) is 19.7. The van der Waals surface area contributed by atoms with E-state index in [1.807, 2.05) is 49.6 Å². The summed E-state index contributed by atoms with van der Waals surface area (Å²) in [5, 5.41) is 17.0. The molecule has 2 amide bonds. The van der Waals surface area contributed by atoms with Crippen molar-refractivity contribution in [3.63, 3.8) is 0 Å². The van der Waals surface area contributed by atoms with Gasteiger partial charge in [0, 0.05) is 17.7 Å². The first-order valence-corrected chi connectivity index (χ1v) is 9.42. The first-order valence-electron chi connectivity index (χ1n) is 8.54. The summed E-state index contributed by atoms with van der Waals surface area (Å²) in [6, 6.07) is 9.17. The maximum absolute atomic E-state index is 12.5. The Morgan fingerprint density at radius 2 is 2.08 bits per heavy atom. The van der Waals surface area contributed by atoms with E-state index in [-0.39, 0.29) is 31.4 Å². The van der Waals surface area contributed by atoms with Gasteiger partial charge in [-0.05, 0) is 28.3 Å². The molecule has 0 saturated heterocycles. The third-order valence-electron chi connectivity index (χ3n) is 3.68. The number of ether oxygens (including phenoxy) is 1. The van der Waals surface area contributed by atoms with Gasteiger partial charge in [0.05, 0.1) is 19.1 Å². The lowest BCUT2D eigenvalue weighted by molar-refractivity contribution is -0.123. The number of benzene rings is 1. The van der Waals surface area contributed by atoms with Gasteiger partial charge >= 0.3 is 6.09 Å². The summed E-state index contributed by atoms with van der Waals surface area (Å²) >= 11 is 1.60. The number of carbonyl (C=O) groups is 2. The number of alkyl carbamates (subject to hydrolysis) is 1. The molecule has 2 N–H and O–H groups in total. The Morgan fingerprint density at radius 3 is 2.81 bits per heavy atom. The number of fused-ring (bicyclic) bond motifs is 1. The Balaban J connectivity index is 2.10. The zero-order valence-corrected chi connectivity index (χ0v) is 15.8. The molecule has 0 spiro atoms. The van der Waals surface area contributed by atoms with Gasteiger partial charge in [-0.25, -0.2) is 4.79 Å². The maximum Gasteiger partial charge on any atom is 0.407 e. The Morgan fingerprint density at radius 1 is 1.31 bits per heavy atom. The molecule has 1 atom stereocenters. The van der Waals surface area contributed by atoms with E-state index in [0.717, 1.165) is 15.6 Å². The van der Waals surface area contributed by atoms with Crippen LogP contribution in [0, 0.1) is 17.2 Å². The minimum absolute atomic E-state index is 0.212. The van der Waals surface area contributed by atoms with Crippen molar-refractivity contribution in [2.45, 2.75) is 32.7 Å². The Hall–Kier alpha value is -2.59. The van der Waals surface area contributed by atoms with E-state index in [1.54, 1.807) is 11.3 Å². The SMILES string of the molecule is CC(C)COC(=O)NC(Cc1csc2ccccc12)C(=O)NCCC#N. The third kappa shape index (κ3) is 5.74. The lowest BCUT2D eigenvalue weighted by Crippen LogP contribution is -2.48. The molecular formula is C19H23N3O3S. The van der Waals surface area contributed by atoms with E-state index in [9.17, 15) is 9.59 Å². The van der Waals surface area contributed by atoms with Crippen LogP contribution in [0.25, 0.3) is 10.1 Å². The fraction of sp³-hybridized carbons (Fsp3) is 0.421. The highest BCUT2D eigenvalue weighted by Crippen LogP contribution is 2.26. The molecule has 0 radical (unpaired) electrons. The van der Waals surface area contributed by atoms with Crippen LogP contribution in [-0.2, 0) is 16.0 Å². The van der Waals surface area contributed by atoms with Gasteiger partial charge in [0.1, 0.15) is 6.04 Å². The van der Waals surface area contributed by atoms with Crippen molar-refractivity contribution < 1.29 is 14.3 Å². The molecule has 0 fully saturated rings. The summed E-state index contributed by atoms with van der Waals surface area (Å²) in [4.78, 5) is 24.5. The number of carbonyl (C=O) groups excluding carboxylic acids is 2. The van der Waals surface area contributed by atoms with Crippen LogP contribution in [0.1, 0.15) is 25.8 Å². The monoisotopic (exact) mass is 373 g/mol. The van der Waals surface area contributed by atoms with Gasteiger partial charge in [0.15, 0.2) is 0 Å². The quantitative estimate of drug-likeness (QED) is 0.695. The van der Waals surface area contributed by atoms with Crippen LogP contribution < -0.4 is 10.6 Å². The number of nitrogens with zero attached hydrogens (tertiary/aromatic N) is 1. The van der Waals surface area contributed by atoms with E-state index in [4.69, 9.17) is 10.00 Å². The van der Waals surface area contributed by atoms with Crippen LogP contribution in [0.3, 0.4) is 0 Å². The zero-order valence-electron chi connectivity index (χ0n) is 15.0. The van der Waals surface area contributed by atoms with Crippen molar-refractivity contribution >= 4 is 33.4 Å². The van der Waals surface area contributed by atoms with Crippen molar-refractivity contribution in [2.75, 3.05) is 13.2 Å². The van der Waals surface area contributed by atoms with E-state index in [2.05, 4.69) is 10.6 Å². The third-order valence-corrected chi connectivity index (χ3v) is 4.69. The number of rotatable bonds is 8. The highest BCUT2D eigenvalue weighted by atomic mass is 32.1. The molecule has 2 rings (SSSR count). The van der Waals surface area contributed by atoms with Crippen LogP contribution in [0.4, 0.5) is 4.79 Å². The zero-order chi connectivity index (χ0) is 18.9. The van der Waals surface area contributed by atoms with Crippen LogP contribution in [0.2, 0.25) is 0 Å². The van der Waals surface area contributed by atoms with Crippen molar-refractivity contribution in [3.05, 3.63) is 35.2 Å². The van der Waals surface area contributed by atoms with E-state index < -0.39 is 12.1 Å². The summed E-state index contributed by atoms with van der Waals surface area (Å²) in [5.74, 6) is -0.110. The van der Waals surface area contributed by atoms with E-state index in [0.29, 0.717) is 6.42 Å². The van der Waals surface area contributed by atoms with Gasteiger partial charge in [0.25, 0.3) is 0 Å². The summed E-state index contributed by atoms with van der Waals surface area (Å²) in [6.07, 6.45) is -0.0322. The predicted octanol–water partition coefficient (Wildman–Crippen LogP) is 3.22. The fourth-order valence-electron chi connectivity index (χ4n) is 2.41. The predicted molar refractivity (Wildman–Crippen MR) is 102 cm³/mol. The molecule has 26 heavy (non-hydrogen) atoms. The van der Waals surface area contributed by atoms with E-state index >= 15 is 0 Å². The van der Waals surface area contributed by atoms with Gasteiger partial charge in [-0.2, -0.15) is 5.26 Å². The molecule has 1 heterocycles. The average Bonchev–Trinajstić information content (AvgIpc) is 3.02. The molecule has 1 aromatic carbocycles. The normalized spacial score (nSPS) is 11.8. The minimum atomic E-state index is -0.758. The highest BCUT2D eigenvalue weighted by Gasteiger charge is 2.23. The molecule has 138 valence electrons. The molecule has 2 aromatic rings. The summed E-state index contributed by atoms with van der Waals surface area (Å²) < 4.78 is 6.27. The smallest absolute Gasteiger partial charge is 0.407 e. The number of hydrogen-bond donors (Lipinski definition) is 2. The second kappa shape index (κ2) is 9.78. The Bertz CT molecular complexity index is 795. The van der Waals surface area contributed by atoms with Crippen LogP contribution in [0.5, 0.6) is 0 Å². The van der Waals surface area contributed by atoms with Crippen LogP contribution in [0.15, 0.2) is 29.6 Å². The Kier molecular flexibility index (Phi) is 7.42. The average molecular weight is 373 g/mol. The van der Waals surface area contributed by atoms with Crippen LogP contribution >= 0.6 is 11.3 Å². The van der Waals surface area contributed by atoms with Gasteiger partial charge in [-0.15, -0.1) is 11.3 Å². The van der Waals surface area contributed by atoms with Crippen molar-refractivity contribution in [1.29, 1.82) is 5.26 Å². The van der Waals surface area contributed by atoms with Gasteiger partial charge < -0.3 is 15.4 Å². The number of hydrogen-bond acceptors (Lipinski definition) is 5. The fourth-order valence-corrected chi connectivity index (χ4v) is 3.39. The van der Waals surface area contributed by atoms with Gasteiger partial charge in [-0.1, -0.05) is 32.0 Å². The number of nitriles is 1. The lowest BCUT2D eigenvalue weighted by atomic mass is 10.0. The maximum atomic E-state index is 12.5. The van der Waals surface area contributed by atoms with Crippen LogP contribution in [-0.4, -0.2) is 31.2 Å². The highest BCUT2D eigenvalue weighted by molar-refractivity contribution is 7.17. The van der Waals surface area contributed by atoms with E-state index in [1.165, 1.54) is 0 Å². The molecule has 0 aliphatic heterocycles. The van der Waals surface area contributed by atoms with Crippen molar-refractivity contribution in [2.24, 2.45) is 5.92 Å². The number of amides is 2. The molecule has 6 nitrogen and oxygen atoms in total. The topological polar surface area (TPSA) is 91.2 Å². The second-order valence-corrected chi connectivity index (χ2v) is 7.26. The summed E-state index contributed by atoms with van der Waals surface area (Å²) in [7, 11) is 0. The number of nitrogens with one attached hydrogen (secondary N) is 2. The van der Waals surface area contributed by atoms with Crippen molar-refractivity contribution in [3.8, 4) is 6.07 Å².